The Labute approximate surface area is 289 Å². The summed E-state index contributed by atoms with van der Waals surface area (Å²) in [6.45, 7) is 1.62. The van der Waals surface area contributed by atoms with Crippen LogP contribution in [0.5, 0.6) is 5.88 Å². The minimum atomic E-state index is -0.330. The molecule has 2 aliphatic heterocycles. The van der Waals surface area contributed by atoms with Crippen molar-refractivity contribution in [1.29, 1.82) is 0 Å². The lowest BCUT2D eigenvalue weighted by atomic mass is 9.86. The Morgan fingerprint density at radius 1 is 0.938 bits per heavy atom. The molecule has 4 aromatic rings. The molecule has 3 aliphatic rings. The van der Waals surface area contributed by atoms with Gasteiger partial charge >= 0.3 is 5.97 Å². The Morgan fingerprint density at radius 3 is 2.58 bits per heavy atom. The van der Waals surface area contributed by atoms with Crippen molar-refractivity contribution >= 4 is 35.1 Å². The largest absolute Gasteiger partial charge is 0.481 e. The van der Waals surface area contributed by atoms with E-state index < -0.39 is 0 Å². The zero-order valence-corrected chi connectivity index (χ0v) is 28.2. The van der Waals surface area contributed by atoms with Gasteiger partial charge in [0, 0.05) is 72.0 Å². The number of carbonyl (C=O) groups is 2. The second kappa shape index (κ2) is 14.2. The third-order valence-corrected chi connectivity index (χ3v) is 10.3. The summed E-state index contributed by atoms with van der Waals surface area (Å²) < 4.78 is 10.7. The van der Waals surface area contributed by atoms with Gasteiger partial charge in [-0.25, -0.2) is 4.98 Å². The number of hydrogen-bond acceptors (Lipinski definition) is 8. The summed E-state index contributed by atoms with van der Waals surface area (Å²) in [6.07, 6.45) is 7.04. The molecule has 1 amide bonds. The Balaban J connectivity index is 1.13. The van der Waals surface area contributed by atoms with Gasteiger partial charge in [-0.2, -0.15) is 0 Å². The fourth-order valence-electron chi connectivity index (χ4n) is 6.92. The van der Waals surface area contributed by atoms with Gasteiger partial charge in [-0.3, -0.25) is 19.9 Å². The average Bonchev–Trinajstić information content (AvgIpc) is 3.73. The molecule has 2 saturated heterocycles. The highest BCUT2D eigenvalue weighted by Crippen LogP contribution is 2.42. The van der Waals surface area contributed by atoms with E-state index in [1.165, 1.54) is 11.1 Å². The van der Waals surface area contributed by atoms with Gasteiger partial charge in [-0.05, 0) is 55.0 Å². The maximum Gasteiger partial charge on any atom is 0.323 e. The van der Waals surface area contributed by atoms with E-state index in [1.54, 1.807) is 13.3 Å². The highest BCUT2D eigenvalue weighted by atomic mass is 35.5. The molecule has 2 aromatic carbocycles. The topological polar surface area (TPSA) is 114 Å². The molecule has 0 spiro atoms. The van der Waals surface area contributed by atoms with Crippen LogP contribution in [-0.4, -0.2) is 54.2 Å². The molecular formula is C37H37Cl2N5O4. The van der Waals surface area contributed by atoms with Crippen LogP contribution in [-0.2, 0) is 27.3 Å². The molecule has 9 nitrogen and oxygen atoms in total. The molecule has 7 rings (SSSR count). The number of esters is 1. The van der Waals surface area contributed by atoms with E-state index in [2.05, 4.69) is 34.1 Å². The SMILES string of the molecule is COc1nc(-c2cccc(-c3ccnc(-c4ccc5c(c4)CCC[C@H]5NCC4CCC(=O)N4)c3Cl)c2Cl)ccc1CNC1CCOC1=O. The minimum absolute atomic E-state index is 0.139. The highest BCUT2D eigenvalue weighted by molar-refractivity contribution is 6.39. The van der Waals surface area contributed by atoms with Crippen LogP contribution in [0.4, 0.5) is 0 Å². The maximum absolute atomic E-state index is 11.9. The summed E-state index contributed by atoms with van der Waals surface area (Å²) in [7, 11) is 1.57. The van der Waals surface area contributed by atoms with Gasteiger partial charge in [-0.15, -0.1) is 0 Å². The molecule has 2 fully saturated rings. The number of amides is 1. The first-order valence-electron chi connectivity index (χ1n) is 16.4. The minimum Gasteiger partial charge on any atom is -0.481 e. The zero-order chi connectivity index (χ0) is 33.2. The van der Waals surface area contributed by atoms with Gasteiger partial charge in [0.2, 0.25) is 11.8 Å². The second-order valence-corrected chi connectivity index (χ2v) is 13.3. The molecule has 3 N–H and O–H groups in total. The monoisotopic (exact) mass is 685 g/mol. The van der Waals surface area contributed by atoms with E-state index in [1.807, 2.05) is 36.4 Å². The van der Waals surface area contributed by atoms with E-state index in [-0.39, 0.29) is 30.0 Å². The summed E-state index contributed by atoms with van der Waals surface area (Å²) >= 11 is 14.2. The number of halogens is 2. The van der Waals surface area contributed by atoms with E-state index in [9.17, 15) is 9.59 Å². The van der Waals surface area contributed by atoms with Crippen molar-refractivity contribution in [2.45, 2.75) is 63.2 Å². The molecule has 4 heterocycles. The van der Waals surface area contributed by atoms with Gasteiger partial charge in [0.1, 0.15) is 6.04 Å². The van der Waals surface area contributed by atoms with Gasteiger partial charge in [0.25, 0.3) is 0 Å². The smallest absolute Gasteiger partial charge is 0.323 e. The number of nitrogens with one attached hydrogen (secondary N) is 3. The Bertz CT molecular complexity index is 1870. The lowest BCUT2D eigenvalue weighted by Gasteiger charge is -2.28. The Hall–Kier alpha value is -4.02. The second-order valence-electron chi connectivity index (χ2n) is 12.5. The summed E-state index contributed by atoms with van der Waals surface area (Å²) in [5.74, 6) is 0.355. The quantitative estimate of drug-likeness (QED) is 0.163. The van der Waals surface area contributed by atoms with Crippen molar-refractivity contribution < 1.29 is 19.1 Å². The van der Waals surface area contributed by atoms with E-state index in [0.717, 1.165) is 60.0 Å². The van der Waals surface area contributed by atoms with Crippen LogP contribution >= 0.6 is 23.2 Å². The van der Waals surface area contributed by atoms with E-state index >= 15 is 0 Å². The number of rotatable bonds is 10. The first-order chi connectivity index (χ1) is 23.4. The van der Waals surface area contributed by atoms with Crippen molar-refractivity contribution in [3.63, 3.8) is 0 Å². The molecular weight excluding hydrogens is 649 g/mol. The number of hydrogen-bond donors (Lipinski definition) is 3. The molecule has 1 aliphatic carbocycles. The number of ether oxygens (including phenoxy) is 2. The first kappa shape index (κ1) is 32.5. The lowest BCUT2D eigenvalue weighted by molar-refractivity contribution is -0.139. The molecule has 0 bridgehead atoms. The van der Waals surface area contributed by atoms with Crippen LogP contribution in [0.1, 0.15) is 54.8 Å². The van der Waals surface area contributed by atoms with E-state index in [4.69, 9.17) is 42.6 Å². The Morgan fingerprint density at radius 2 is 1.79 bits per heavy atom. The standard InChI is InChI=1S/C37H37Cl2N5O4/c1-47-36-23(19-41-31-15-17-48-37(31)46)9-12-30(44-36)28-6-3-5-26(33(28)38)27-14-16-40-35(34(27)39)22-8-11-25-21(18-22)4-2-7-29(25)42-20-24-10-13-32(45)43-24/h3,5-6,8-9,11-12,14,16,18,24,29,31,41-42H,2,4,7,10,13,15,17,19-20H2,1H3,(H,43,45)/t24?,29-,31?/m1/s1. The number of fused-ring (bicyclic) bond motifs is 1. The van der Waals surface area contributed by atoms with Crippen LogP contribution in [0.3, 0.4) is 0 Å². The van der Waals surface area contributed by atoms with Gasteiger partial charge in [-0.1, -0.05) is 59.6 Å². The number of aromatic nitrogens is 2. The van der Waals surface area contributed by atoms with Crippen LogP contribution in [0.15, 0.2) is 60.8 Å². The van der Waals surface area contributed by atoms with Crippen LogP contribution in [0.2, 0.25) is 10.0 Å². The Kier molecular flexibility index (Phi) is 9.64. The van der Waals surface area contributed by atoms with Crippen molar-refractivity contribution in [3.05, 3.63) is 87.5 Å². The van der Waals surface area contributed by atoms with Crippen LogP contribution in [0.25, 0.3) is 33.6 Å². The average molecular weight is 687 g/mol. The third kappa shape index (κ3) is 6.65. The van der Waals surface area contributed by atoms with Gasteiger partial charge in [0.15, 0.2) is 0 Å². The van der Waals surface area contributed by atoms with Crippen LogP contribution < -0.4 is 20.7 Å². The number of carbonyl (C=O) groups excluding carboxylic acids is 2. The summed E-state index contributed by atoms with van der Waals surface area (Å²) in [5, 5.41) is 11.0. The predicted molar refractivity (Wildman–Crippen MR) is 186 cm³/mol. The fraction of sp³-hybridized carbons (Fsp3) is 0.351. The molecule has 248 valence electrons. The van der Waals surface area contributed by atoms with Crippen molar-refractivity contribution in [3.8, 4) is 39.5 Å². The molecule has 2 aromatic heterocycles. The maximum atomic E-state index is 11.9. The number of pyridine rings is 2. The van der Waals surface area contributed by atoms with Crippen molar-refractivity contribution in [1.82, 2.24) is 25.9 Å². The summed E-state index contributed by atoms with van der Waals surface area (Å²) in [6, 6.07) is 18.1. The number of nitrogens with zero attached hydrogens (tertiary/aromatic N) is 2. The molecule has 2 unspecified atom stereocenters. The fourth-order valence-corrected chi connectivity index (χ4v) is 7.57. The molecule has 0 radical (unpaired) electrons. The molecule has 3 atom stereocenters. The normalized spacial score (nSPS) is 20.4. The highest BCUT2D eigenvalue weighted by Gasteiger charge is 2.27. The van der Waals surface area contributed by atoms with Crippen LogP contribution in [0, 0.1) is 0 Å². The first-order valence-corrected chi connectivity index (χ1v) is 17.2. The van der Waals surface area contributed by atoms with Gasteiger partial charge in [0.05, 0.1) is 35.1 Å². The summed E-state index contributed by atoms with van der Waals surface area (Å²) in [4.78, 5) is 33.0. The zero-order valence-electron chi connectivity index (χ0n) is 26.7. The lowest BCUT2D eigenvalue weighted by Crippen LogP contribution is -2.38. The molecule has 11 heteroatoms. The van der Waals surface area contributed by atoms with Crippen molar-refractivity contribution in [2.24, 2.45) is 0 Å². The number of methoxy groups -OCH3 is 1. The summed E-state index contributed by atoms with van der Waals surface area (Å²) in [5.41, 5.74) is 8.01. The number of cyclic esters (lactones) is 1. The number of aryl methyl sites for hydroxylation is 1. The molecule has 0 saturated carbocycles. The van der Waals surface area contributed by atoms with Crippen molar-refractivity contribution in [2.75, 3.05) is 20.3 Å². The third-order valence-electron chi connectivity index (χ3n) is 9.49. The number of benzene rings is 2. The molecule has 48 heavy (non-hydrogen) atoms. The van der Waals surface area contributed by atoms with E-state index in [0.29, 0.717) is 53.3 Å². The van der Waals surface area contributed by atoms with Gasteiger partial charge < -0.3 is 20.1 Å². The predicted octanol–water partition coefficient (Wildman–Crippen LogP) is 6.44.